The molecule has 18 heavy (non-hydrogen) atoms. The lowest BCUT2D eigenvalue weighted by Gasteiger charge is -2.07. The topological polar surface area (TPSA) is 88.2 Å². The SMILES string of the molecule is CCCNCCOc1cccc(C#N)c1[N+](=O)[O-]. The maximum atomic E-state index is 10.9. The number of nitro benzene ring substituents is 1. The first-order valence-electron chi connectivity index (χ1n) is 5.71. The van der Waals surface area contributed by atoms with E-state index in [1.807, 2.05) is 0 Å². The Morgan fingerprint density at radius 1 is 1.50 bits per heavy atom. The van der Waals surface area contributed by atoms with Crippen LogP contribution in [0.15, 0.2) is 18.2 Å². The minimum absolute atomic E-state index is 0.0130. The number of ether oxygens (including phenoxy) is 1. The second kappa shape index (κ2) is 7.25. The van der Waals surface area contributed by atoms with Gasteiger partial charge in [-0.2, -0.15) is 5.26 Å². The van der Waals surface area contributed by atoms with Crippen LogP contribution < -0.4 is 10.1 Å². The summed E-state index contributed by atoms with van der Waals surface area (Å²) in [6, 6.07) is 6.26. The number of hydrogen-bond donors (Lipinski definition) is 1. The number of benzene rings is 1. The summed E-state index contributed by atoms with van der Waals surface area (Å²) in [6.07, 6.45) is 1.02. The van der Waals surface area contributed by atoms with Crippen molar-refractivity contribution in [2.45, 2.75) is 13.3 Å². The molecule has 0 saturated heterocycles. The van der Waals surface area contributed by atoms with Crippen LogP contribution in [0.1, 0.15) is 18.9 Å². The average molecular weight is 249 g/mol. The van der Waals surface area contributed by atoms with Crippen LogP contribution in [0.4, 0.5) is 5.69 Å². The molecule has 6 nitrogen and oxygen atoms in total. The van der Waals surface area contributed by atoms with Crippen molar-refractivity contribution in [2.75, 3.05) is 19.7 Å². The lowest BCUT2D eigenvalue weighted by Crippen LogP contribution is -2.21. The Morgan fingerprint density at radius 2 is 2.28 bits per heavy atom. The molecule has 0 atom stereocenters. The number of nitriles is 1. The second-order valence-electron chi connectivity index (χ2n) is 3.62. The lowest BCUT2D eigenvalue weighted by molar-refractivity contribution is -0.386. The van der Waals surface area contributed by atoms with E-state index < -0.39 is 4.92 Å². The molecule has 96 valence electrons. The van der Waals surface area contributed by atoms with E-state index >= 15 is 0 Å². The molecule has 0 fully saturated rings. The van der Waals surface area contributed by atoms with Gasteiger partial charge in [0.05, 0.1) is 4.92 Å². The van der Waals surface area contributed by atoms with Crippen molar-refractivity contribution in [3.05, 3.63) is 33.9 Å². The first kappa shape index (κ1) is 13.9. The quantitative estimate of drug-likeness (QED) is 0.452. The molecule has 1 aromatic carbocycles. The summed E-state index contributed by atoms with van der Waals surface area (Å²) in [4.78, 5) is 10.3. The van der Waals surface area contributed by atoms with Crippen LogP contribution in [0.25, 0.3) is 0 Å². The van der Waals surface area contributed by atoms with Gasteiger partial charge in [0.25, 0.3) is 0 Å². The van der Waals surface area contributed by atoms with Gasteiger partial charge in [-0.05, 0) is 25.1 Å². The minimum atomic E-state index is -0.590. The maximum absolute atomic E-state index is 10.9. The molecule has 0 saturated carbocycles. The second-order valence-corrected chi connectivity index (χ2v) is 3.62. The zero-order valence-corrected chi connectivity index (χ0v) is 10.2. The number of hydrogen-bond acceptors (Lipinski definition) is 5. The molecule has 0 bridgehead atoms. The Bertz CT molecular complexity index is 454. The van der Waals surface area contributed by atoms with Gasteiger partial charge in [0.15, 0.2) is 5.75 Å². The number of nitrogens with zero attached hydrogens (tertiary/aromatic N) is 2. The smallest absolute Gasteiger partial charge is 0.328 e. The third kappa shape index (κ3) is 3.71. The highest BCUT2D eigenvalue weighted by molar-refractivity contribution is 5.57. The van der Waals surface area contributed by atoms with Crippen LogP contribution in [0, 0.1) is 21.4 Å². The fraction of sp³-hybridized carbons (Fsp3) is 0.417. The highest BCUT2D eigenvalue weighted by atomic mass is 16.6. The summed E-state index contributed by atoms with van der Waals surface area (Å²) in [5, 5.41) is 22.8. The Morgan fingerprint density at radius 3 is 2.89 bits per heavy atom. The van der Waals surface area contributed by atoms with Crippen LogP contribution >= 0.6 is 0 Å². The maximum Gasteiger partial charge on any atom is 0.328 e. The van der Waals surface area contributed by atoms with Gasteiger partial charge in [-0.1, -0.05) is 13.0 Å². The summed E-state index contributed by atoms with van der Waals surface area (Å²) in [6.45, 7) is 3.87. The number of nitro groups is 1. The first-order valence-corrected chi connectivity index (χ1v) is 5.71. The van der Waals surface area contributed by atoms with Crippen molar-refractivity contribution in [3.63, 3.8) is 0 Å². The molecule has 6 heteroatoms. The van der Waals surface area contributed by atoms with Crippen LogP contribution in [0.2, 0.25) is 0 Å². The molecule has 0 radical (unpaired) electrons. The van der Waals surface area contributed by atoms with Gasteiger partial charge in [0.2, 0.25) is 0 Å². The van der Waals surface area contributed by atoms with Crippen LogP contribution in [-0.2, 0) is 0 Å². The van der Waals surface area contributed by atoms with Crippen molar-refractivity contribution in [2.24, 2.45) is 0 Å². The molecule has 0 aliphatic rings. The predicted octanol–water partition coefficient (Wildman–Crippen LogP) is 1.84. The molecule has 0 aliphatic carbocycles. The molecule has 0 amide bonds. The van der Waals surface area contributed by atoms with Gasteiger partial charge in [-0.15, -0.1) is 0 Å². The van der Waals surface area contributed by atoms with E-state index in [-0.39, 0.29) is 17.0 Å². The van der Waals surface area contributed by atoms with E-state index in [9.17, 15) is 10.1 Å². The molecule has 0 aliphatic heterocycles. The summed E-state index contributed by atoms with van der Waals surface area (Å²) in [5.74, 6) is 0.136. The monoisotopic (exact) mass is 249 g/mol. The van der Waals surface area contributed by atoms with Gasteiger partial charge in [-0.25, -0.2) is 0 Å². The number of rotatable bonds is 7. The molecule has 1 N–H and O–H groups in total. The highest BCUT2D eigenvalue weighted by Gasteiger charge is 2.20. The normalized spacial score (nSPS) is 9.78. The van der Waals surface area contributed by atoms with E-state index in [4.69, 9.17) is 10.00 Å². The molecule has 1 aromatic rings. The minimum Gasteiger partial charge on any atom is -0.485 e. The van der Waals surface area contributed by atoms with Crippen LogP contribution in [0.3, 0.4) is 0 Å². The molecular formula is C12H15N3O3. The summed E-state index contributed by atoms with van der Waals surface area (Å²) >= 11 is 0. The number of para-hydroxylation sites is 1. The molecule has 0 heterocycles. The fourth-order valence-corrected chi connectivity index (χ4v) is 1.45. The van der Waals surface area contributed by atoms with E-state index in [1.54, 1.807) is 12.1 Å². The highest BCUT2D eigenvalue weighted by Crippen LogP contribution is 2.30. The van der Waals surface area contributed by atoms with Gasteiger partial charge in [0.1, 0.15) is 18.2 Å². The van der Waals surface area contributed by atoms with E-state index in [0.717, 1.165) is 13.0 Å². The predicted molar refractivity (Wildman–Crippen MR) is 66.5 cm³/mol. The third-order valence-corrected chi connectivity index (χ3v) is 2.27. The van der Waals surface area contributed by atoms with Crippen molar-refractivity contribution in [1.82, 2.24) is 5.32 Å². The molecule has 0 aromatic heterocycles. The Hall–Kier alpha value is -2.13. The molecule has 1 rings (SSSR count). The van der Waals surface area contributed by atoms with Crippen molar-refractivity contribution in [1.29, 1.82) is 5.26 Å². The summed E-state index contributed by atoms with van der Waals surface area (Å²) in [7, 11) is 0. The van der Waals surface area contributed by atoms with E-state index in [2.05, 4.69) is 12.2 Å². The van der Waals surface area contributed by atoms with Gasteiger partial charge in [0, 0.05) is 6.54 Å². The van der Waals surface area contributed by atoms with Crippen molar-refractivity contribution < 1.29 is 9.66 Å². The van der Waals surface area contributed by atoms with E-state index in [1.165, 1.54) is 12.1 Å². The van der Waals surface area contributed by atoms with Crippen molar-refractivity contribution >= 4 is 5.69 Å². The summed E-state index contributed by atoms with van der Waals surface area (Å²) < 4.78 is 5.33. The first-order chi connectivity index (χ1) is 8.70. The van der Waals surface area contributed by atoms with Gasteiger partial charge >= 0.3 is 5.69 Å². The third-order valence-electron chi connectivity index (χ3n) is 2.27. The molecule has 0 unspecified atom stereocenters. The fourth-order valence-electron chi connectivity index (χ4n) is 1.45. The Balaban J connectivity index is 2.71. The van der Waals surface area contributed by atoms with Crippen LogP contribution in [-0.4, -0.2) is 24.6 Å². The van der Waals surface area contributed by atoms with Gasteiger partial charge < -0.3 is 10.1 Å². The molecule has 0 spiro atoms. The molecular weight excluding hydrogens is 234 g/mol. The number of nitrogens with one attached hydrogen (secondary N) is 1. The lowest BCUT2D eigenvalue weighted by atomic mass is 10.2. The van der Waals surface area contributed by atoms with Crippen molar-refractivity contribution in [3.8, 4) is 11.8 Å². The summed E-state index contributed by atoms with van der Waals surface area (Å²) in [5.41, 5.74) is -0.255. The zero-order chi connectivity index (χ0) is 13.4. The van der Waals surface area contributed by atoms with E-state index in [0.29, 0.717) is 13.2 Å². The Labute approximate surface area is 105 Å². The average Bonchev–Trinajstić information content (AvgIpc) is 2.37. The largest absolute Gasteiger partial charge is 0.485 e. The zero-order valence-electron chi connectivity index (χ0n) is 10.2. The Kier molecular flexibility index (Phi) is 5.61. The standard InChI is InChI=1S/C12H15N3O3/c1-2-6-14-7-8-18-11-5-3-4-10(9-13)12(11)15(16)17/h3-5,14H,2,6-8H2,1H3. The van der Waals surface area contributed by atoms with Crippen LogP contribution in [0.5, 0.6) is 5.75 Å². The van der Waals surface area contributed by atoms with Gasteiger partial charge in [-0.3, -0.25) is 10.1 Å².